The number of amides is 1. The highest BCUT2D eigenvalue weighted by molar-refractivity contribution is 5.87. The van der Waals surface area contributed by atoms with Crippen molar-refractivity contribution >= 4 is 11.9 Å². The van der Waals surface area contributed by atoms with Gasteiger partial charge in [-0.05, 0) is 59.2 Å². The molecule has 0 saturated carbocycles. The smallest absolute Gasteiger partial charge is 0.416 e. The molecule has 0 aliphatic carbocycles. The minimum absolute atomic E-state index is 0.301. The van der Waals surface area contributed by atoms with Crippen LogP contribution in [0.4, 0.5) is 10.6 Å². The number of nitrogens with zero attached hydrogens (tertiary/aromatic N) is 3. The summed E-state index contributed by atoms with van der Waals surface area (Å²) in [6.07, 6.45) is 7.00. The first-order chi connectivity index (χ1) is 12.4. The zero-order chi connectivity index (χ0) is 19.2. The summed E-state index contributed by atoms with van der Waals surface area (Å²) in [5.41, 5.74) is 0.632. The van der Waals surface area contributed by atoms with Gasteiger partial charge in [0.15, 0.2) is 0 Å². The van der Waals surface area contributed by atoms with Gasteiger partial charge in [-0.15, -0.1) is 0 Å². The van der Waals surface area contributed by atoms with E-state index in [1.54, 1.807) is 11.1 Å². The van der Waals surface area contributed by atoms with Crippen molar-refractivity contribution in [3.05, 3.63) is 23.9 Å². The van der Waals surface area contributed by atoms with Gasteiger partial charge >= 0.3 is 6.09 Å². The number of carbonyl (C=O) groups is 1. The largest absolute Gasteiger partial charge is 0.443 e. The van der Waals surface area contributed by atoms with Crippen molar-refractivity contribution in [2.75, 3.05) is 24.5 Å². The number of hydrogen-bond acceptors (Lipinski definition) is 4. The van der Waals surface area contributed by atoms with E-state index in [1.165, 1.54) is 12.8 Å². The Labute approximate surface area is 158 Å². The van der Waals surface area contributed by atoms with Crippen molar-refractivity contribution in [1.29, 1.82) is 0 Å². The van der Waals surface area contributed by atoms with Crippen LogP contribution in [0.1, 0.15) is 78.3 Å². The van der Waals surface area contributed by atoms with Crippen LogP contribution in [-0.2, 0) is 4.74 Å². The van der Waals surface area contributed by atoms with E-state index in [0.29, 0.717) is 12.6 Å². The first-order valence-corrected chi connectivity index (χ1v) is 10.1. The second-order valence-corrected chi connectivity index (χ2v) is 8.04. The van der Waals surface area contributed by atoms with E-state index in [-0.39, 0.29) is 6.09 Å². The number of likely N-dealkylation sites (tertiary alicyclic amines) is 1. The van der Waals surface area contributed by atoms with E-state index in [4.69, 9.17) is 4.74 Å². The molecule has 1 aliphatic heterocycles. The van der Waals surface area contributed by atoms with E-state index in [9.17, 15) is 4.79 Å². The topological polar surface area (TPSA) is 45.7 Å². The SMILES string of the molecule is CCCCN(C(=O)OC(C)(C)C)c1ncccc1[C@@H]1CCCCN1CC. The number of pyridine rings is 1. The molecule has 5 nitrogen and oxygen atoms in total. The maximum atomic E-state index is 12.9. The summed E-state index contributed by atoms with van der Waals surface area (Å²) in [6, 6.07) is 4.43. The lowest BCUT2D eigenvalue weighted by molar-refractivity contribution is 0.0577. The molecular weight excluding hydrogens is 326 g/mol. The fourth-order valence-corrected chi connectivity index (χ4v) is 3.53. The summed E-state index contributed by atoms with van der Waals surface area (Å²) >= 11 is 0. The molecule has 2 heterocycles. The highest BCUT2D eigenvalue weighted by Gasteiger charge is 2.30. The average molecular weight is 362 g/mol. The average Bonchev–Trinajstić information content (AvgIpc) is 2.61. The quantitative estimate of drug-likeness (QED) is 0.701. The molecule has 1 aliphatic rings. The standard InChI is InChI=1S/C21H35N3O2/c1-6-8-16-24(20(25)26-21(3,4)5)19-17(12-11-14-22-19)18-13-9-10-15-23(18)7-2/h11-12,14,18H,6-10,13,15-16H2,1-5H3/t18-/m0/s1. The van der Waals surface area contributed by atoms with Gasteiger partial charge in [0.1, 0.15) is 11.4 Å². The van der Waals surface area contributed by atoms with Crippen LogP contribution in [0.2, 0.25) is 0 Å². The number of rotatable bonds is 6. The summed E-state index contributed by atoms with van der Waals surface area (Å²) in [5.74, 6) is 0.764. The zero-order valence-electron chi connectivity index (χ0n) is 17.1. The second kappa shape index (κ2) is 9.36. The van der Waals surface area contributed by atoms with E-state index >= 15 is 0 Å². The highest BCUT2D eigenvalue weighted by Crippen LogP contribution is 2.35. The van der Waals surface area contributed by atoms with Crippen LogP contribution in [0.5, 0.6) is 0 Å². The van der Waals surface area contributed by atoms with Gasteiger partial charge < -0.3 is 4.74 Å². The second-order valence-electron chi connectivity index (χ2n) is 8.04. The maximum absolute atomic E-state index is 12.9. The Kier molecular flexibility index (Phi) is 7.44. The normalized spacial score (nSPS) is 18.6. The number of anilines is 1. The lowest BCUT2D eigenvalue weighted by atomic mass is 9.95. The van der Waals surface area contributed by atoms with Crippen molar-refractivity contribution in [2.45, 2.75) is 78.4 Å². The highest BCUT2D eigenvalue weighted by atomic mass is 16.6. The van der Waals surface area contributed by atoms with E-state index in [2.05, 4.69) is 29.8 Å². The first-order valence-electron chi connectivity index (χ1n) is 10.1. The Morgan fingerprint density at radius 1 is 1.35 bits per heavy atom. The molecule has 1 aromatic rings. The number of aromatic nitrogens is 1. The molecule has 0 radical (unpaired) electrons. The molecule has 1 amide bonds. The van der Waals surface area contributed by atoms with Crippen molar-refractivity contribution in [3.63, 3.8) is 0 Å². The Morgan fingerprint density at radius 3 is 2.77 bits per heavy atom. The van der Waals surface area contributed by atoms with Crippen molar-refractivity contribution in [1.82, 2.24) is 9.88 Å². The maximum Gasteiger partial charge on any atom is 0.416 e. The van der Waals surface area contributed by atoms with Gasteiger partial charge in [0.05, 0.1) is 0 Å². The summed E-state index contributed by atoms with van der Waals surface area (Å²) in [4.78, 5) is 21.8. The lowest BCUT2D eigenvalue weighted by Gasteiger charge is -2.37. The first kappa shape index (κ1) is 20.7. The molecule has 26 heavy (non-hydrogen) atoms. The molecule has 0 unspecified atom stereocenters. The lowest BCUT2D eigenvalue weighted by Crippen LogP contribution is -2.40. The number of ether oxygens (including phenoxy) is 1. The minimum Gasteiger partial charge on any atom is -0.443 e. The third-order valence-corrected chi connectivity index (χ3v) is 4.80. The number of unbranched alkanes of at least 4 members (excludes halogenated alkanes) is 1. The molecular formula is C21H35N3O2. The zero-order valence-corrected chi connectivity index (χ0v) is 17.1. The van der Waals surface area contributed by atoms with E-state index in [1.807, 2.05) is 26.8 Å². The van der Waals surface area contributed by atoms with Gasteiger partial charge in [0.25, 0.3) is 0 Å². The minimum atomic E-state index is -0.517. The predicted molar refractivity (Wildman–Crippen MR) is 107 cm³/mol. The van der Waals surface area contributed by atoms with Crippen LogP contribution >= 0.6 is 0 Å². The fourth-order valence-electron chi connectivity index (χ4n) is 3.53. The molecule has 5 heteroatoms. The van der Waals surface area contributed by atoms with Gasteiger partial charge in [-0.1, -0.05) is 32.8 Å². The summed E-state index contributed by atoms with van der Waals surface area (Å²) in [5, 5.41) is 0. The molecule has 0 aromatic carbocycles. The molecule has 1 fully saturated rings. The van der Waals surface area contributed by atoms with Gasteiger partial charge in [-0.2, -0.15) is 0 Å². The monoisotopic (exact) mass is 361 g/mol. The van der Waals surface area contributed by atoms with Crippen molar-refractivity contribution in [3.8, 4) is 0 Å². The Balaban J connectivity index is 2.36. The van der Waals surface area contributed by atoms with Gasteiger partial charge in [-0.25, -0.2) is 9.78 Å². The van der Waals surface area contributed by atoms with Crippen LogP contribution < -0.4 is 4.90 Å². The van der Waals surface area contributed by atoms with Crippen LogP contribution in [-0.4, -0.2) is 41.2 Å². The fraction of sp³-hybridized carbons (Fsp3) is 0.714. The Morgan fingerprint density at radius 2 is 2.12 bits per heavy atom. The summed E-state index contributed by atoms with van der Waals surface area (Å²) < 4.78 is 5.68. The number of hydrogen-bond donors (Lipinski definition) is 0. The Hall–Kier alpha value is -1.62. The van der Waals surface area contributed by atoms with Crippen LogP contribution in [0.15, 0.2) is 18.3 Å². The van der Waals surface area contributed by atoms with E-state index in [0.717, 1.165) is 43.7 Å². The summed E-state index contributed by atoms with van der Waals surface area (Å²) in [6.45, 7) is 12.8. The number of piperidine rings is 1. The molecule has 0 bridgehead atoms. The molecule has 2 rings (SSSR count). The third kappa shape index (κ3) is 5.44. The third-order valence-electron chi connectivity index (χ3n) is 4.80. The van der Waals surface area contributed by atoms with Crippen molar-refractivity contribution < 1.29 is 9.53 Å². The summed E-state index contributed by atoms with van der Waals surface area (Å²) in [7, 11) is 0. The number of carbonyl (C=O) groups excluding carboxylic acids is 1. The molecule has 0 N–H and O–H groups in total. The van der Waals surface area contributed by atoms with Gasteiger partial charge in [-0.3, -0.25) is 9.80 Å². The molecule has 1 saturated heterocycles. The Bertz CT molecular complexity index is 583. The molecule has 146 valence electrons. The predicted octanol–water partition coefficient (Wildman–Crippen LogP) is 5.17. The van der Waals surface area contributed by atoms with Gasteiger partial charge in [0, 0.05) is 24.3 Å². The van der Waals surface area contributed by atoms with Crippen LogP contribution in [0.3, 0.4) is 0 Å². The molecule has 1 atom stereocenters. The van der Waals surface area contributed by atoms with Crippen LogP contribution in [0.25, 0.3) is 0 Å². The van der Waals surface area contributed by atoms with Gasteiger partial charge in [0.2, 0.25) is 0 Å². The van der Waals surface area contributed by atoms with E-state index < -0.39 is 5.60 Å². The van der Waals surface area contributed by atoms with Crippen LogP contribution in [0, 0.1) is 0 Å². The molecule has 1 aromatic heterocycles. The molecule has 0 spiro atoms. The van der Waals surface area contributed by atoms with Crippen molar-refractivity contribution in [2.24, 2.45) is 0 Å².